The summed E-state index contributed by atoms with van der Waals surface area (Å²) in [7, 11) is 0. The van der Waals surface area contributed by atoms with Gasteiger partial charge in [-0.2, -0.15) is 13.2 Å². The van der Waals surface area contributed by atoms with Gasteiger partial charge in [-0.1, -0.05) is 32.0 Å². The molecule has 2 rings (SSSR count). The summed E-state index contributed by atoms with van der Waals surface area (Å²) in [4.78, 5) is 8.34. The van der Waals surface area contributed by atoms with Gasteiger partial charge in [0.25, 0.3) is 0 Å². The van der Waals surface area contributed by atoms with Crippen LogP contribution >= 0.6 is 24.0 Å². The molecule has 4 nitrogen and oxygen atoms in total. The molecule has 0 bridgehead atoms. The molecule has 136 valence electrons. The summed E-state index contributed by atoms with van der Waals surface area (Å²) in [6, 6.07) is 10.5. The maximum Gasteiger partial charge on any atom is 0.416 e. The van der Waals surface area contributed by atoms with Gasteiger partial charge in [0.05, 0.1) is 12.1 Å². The van der Waals surface area contributed by atoms with Crippen LogP contribution in [0.25, 0.3) is 0 Å². The maximum absolute atomic E-state index is 12.6. The van der Waals surface area contributed by atoms with Crippen LogP contribution in [0.3, 0.4) is 0 Å². The first-order valence-corrected chi connectivity index (χ1v) is 7.34. The number of aliphatic imine (C=N–C) groups is 1. The molecule has 0 radical (unpaired) electrons. The second-order valence-electron chi connectivity index (χ2n) is 6.00. The number of hydrogen-bond donors (Lipinski definition) is 2. The Balaban J connectivity index is 0.00000312. The van der Waals surface area contributed by atoms with Crippen LogP contribution in [-0.4, -0.2) is 17.5 Å². The van der Waals surface area contributed by atoms with Crippen molar-refractivity contribution in [2.45, 2.75) is 25.4 Å². The molecule has 0 aliphatic rings. The molecule has 0 atom stereocenters. The minimum absolute atomic E-state index is 0. The van der Waals surface area contributed by atoms with E-state index in [1.54, 1.807) is 18.3 Å². The Morgan fingerprint density at radius 1 is 1.08 bits per heavy atom. The van der Waals surface area contributed by atoms with Crippen molar-refractivity contribution >= 4 is 35.8 Å². The number of guanidine groups is 1. The van der Waals surface area contributed by atoms with E-state index in [2.05, 4.69) is 15.3 Å². The zero-order valence-corrected chi connectivity index (χ0v) is 16.2. The predicted molar refractivity (Wildman–Crippen MR) is 104 cm³/mol. The number of alkyl halides is 3. The van der Waals surface area contributed by atoms with Crippen LogP contribution in [0.4, 0.5) is 19.0 Å². The van der Waals surface area contributed by atoms with Crippen LogP contribution in [0.5, 0.6) is 0 Å². The molecule has 0 spiro atoms. The fourth-order valence-corrected chi connectivity index (χ4v) is 2.09. The molecule has 2 aromatic rings. The van der Waals surface area contributed by atoms with E-state index in [0.717, 1.165) is 17.7 Å². The smallest absolute Gasteiger partial charge is 0.370 e. The number of pyridine rings is 1. The fourth-order valence-electron chi connectivity index (χ4n) is 2.09. The van der Waals surface area contributed by atoms with E-state index in [9.17, 15) is 13.2 Å². The Bertz CT molecular complexity index is 698. The number of nitrogens with one attached hydrogen (secondary N) is 1. The zero-order valence-electron chi connectivity index (χ0n) is 13.8. The van der Waals surface area contributed by atoms with Gasteiger partial charge < -0.3 is 11.1 Å². The normalized spacial score (nSPS) is 12.4. The van der Waals surface area contributed by atoms with E-state index >= 15 is 0 Å². The lowest BCUT2D eigenvalue weighted by Gasteiger charge is -2.24. The lowest BCUT2D eigenvalue weighted by molar-refractivity contribution is -0.137. The van der Waals surface area contributed by atoms with E-state index in [-0.39, 0.29) is 29.9 Å². The molecular weight excluding hydrogens is 444 g/mol. The standard InChI is InChI=1S/C17H19F3N4.HI/c1-16(2,12-6-8-13(9-7-12)17(18,19)20)11-23-15(21)24-14-5-3-4-10-22-14;/h3-10H,11H2,1-2H3,(H3,21,22,23,24);1H. The van der Waals surface area contributed by atoms with Crippen molar-refractivity contribution in [2.75, 3.05) is 11.9 Å². The number of nitrogens with zero attached hydrogens (tertiary/aromatic N) is 2. The molecule has 0 fully saturated rings. The Kier molecular flexibility index (Phi) is 7.21. The molecule has 0 aliphatic carbocycles. The summed E-state index contributed by atoms with van der Waals surface area (Å²) in [5.41, 5.74) is 5.45. The van der Waals surface area contributed by atoms with Crippen LogP contribution in [0.1, 0.15) is 25.0 Å². The van der Waals surface area contributed by atoms with Crippen LogP contribution < -0.4 is 11.1 Å². The van der Waals surface area contributed by atoms with Crippen molar-refractivity contribution in [1.82, 2.24) is 4.98 Å². The highest BCUT2D eigenvalue weighted by Crippen LogP contribution is 2.31. The monoisotopic (exact) mass is 464 g/mol. The second kappa shape index (κ2) is 8.50. The summed E-state index contributed by atoms with van der Waals surface area (Å²) >= 11 is 0. The minimum atomic E-state index is -4.34. The molecule has 0 saturated carbocycles. The Morgan fingerprint density at radius 2 is 1.68 bits per heavy atom. The molecule has 0 amide bonds. The lowest BCUT2D eigenvalue weighted by Crippen LogP contribution is -2.28. The molecule has 25 heavy (non-hydrogen) atoms. The minimum Gasteiger partial charge on any atom is -0.370 e. The molecule has 1 aromatic heterocycles. The van der Waals surface area contributed by atoms with Gasteiger partial charge in [-0.3, -0.25) is 4.99 Å². The molecule has 1 heterocycles. The molecule has 0 unspecified atom stereocenters. The lowest BCUT2D eigenvalue weighted by atomic mass is 9.84. The molecular formula is C17H20F3IN4. The Labute approximate surface area is 161 Å². The van der Waals surface area contributed by atoms with Crippen molar-refractivity contribution in [1.29, 1.82) is 0 Å². The third-order valence-corrected chi connectivity index (χ3v) is 3.56. The molecule has 0 aliphatic heterocycles. The number of aromatic nitrogens is 1. The third-order valence-electron chi connectivity index (χ3n) is 3.56. The summed E-state index contributed by atoms with van der Waals surface area (Å²) in [5, 5.41) is 2.86. The molecule has 8 heteroatoms. The zero-order chi connectivity index (χ0) is 17.8. The van der Waals surface area contributed by atoms with Gasteiger partial charge in [0.15, 0.2) is 5.96 Å². The SMILES string of the molecule is CC(C)(CN=C(N)Nc1ccccn1)c1ccc(C(F)(F)F)cc1.I. The van der Waals surface area contributed by atoms with Crippen molar-refractivity contribution in [3.05, 3.63) is 59.8 Å². The van der Waals surface area contributed by atoms with Gasteiger partial charge in [0, 0.05) is 11.6 Å². The first kappa shape index (κ1) is 21.2. The van der Waals surface area contributed by atoms with Gasteiger partial charge in [0.1, 0.15) is 5.82 Å². The summed E-state index contributed by atoms with van der Waals surface area (Å²) in [5.74, 6) is 0.778. The molecule has 0 saturated heterocycles. The first-order chi connectivity index (χ1) is 11.2. The van der Waals surface area contributed by atoms with E-state index in [1.807, 2.05) is 19.9 Å². The highest BCUT2D eigenvalue weighted by molar-refractivity contribution is 14.0. The van der Waals surface area contributed by atoms with E-state index in [0.29, 0.717) is 12.4 Å². The fraction of sp³-hybridized carbons (Fsp3) is 0.294. The second-order valence-corrected chi connectivity index (χ2v) is 6.00. The molecule has 1 aromatic carbocycles. The predicted octanol–water partition coefficient (Wildman–Crippen LogP) is 4.42. The number of benzene rings is 1. The Morgan fingerprint density at radius 3 is 2.20 bits per heavy atom. The highest BCUT2D eigenvalue weighted by atomic mass is 127. The quantitative estimate of drug-likeness (QED) is 0.400. The van der Waals surface area contributed by atoms with Gasteiger partial charge in [-0.25, -0.2) is 4.98 Å². The van der Waals surface area contributed by atoms with Gasteiger partial charge in [0.2, 0.25) is 0 Å². The van der Waals surface area contributed by atoms with Crippen LogP contribution in [-0.2, 0) is 11.6 Å². The van der Waals surface area contributed by atoms with Crippen molar-refractivity contribution in [3.63, 3.8) is 0 Å². The Hall–Kier alpha value is -1.84. The van der Waals surface area contributed by atoms with E-state index in [4.69, 9.17) is 5.73 Å². The van der Waals surface area contributed by atoms with E-state index in [1.165, 1.54) is 12.1 Å². The number of rotatable bonds is 4. The van der Waals surface area contributed by atoms with Crippen LogP contribution in [0, 0.1) is 0 Å². The highest BCUT2D eigenvalue weighted by Gasteiger charge is 2.31. The summed E-state index contributed by atoms with van der Waals surface area (Å²) in [6.45, 7) is 4.12. The largest absolute Gasteiger partial charge is 0.416 e. The number of hydrogen-bond acceptors (Lipinski definition) is 2. The third kappa shape index (κ3) is 6.18. The van der Waals surface area contributed by atoms with Crippen molar-refractivity contribution in [3.8, 4) is 0 Å². The van der Waals surface area contributed by atoms with Gasteiger partial charge in [-0.05, 0) is 29.8 Å². The summed E-state index contributed by atoms with van der Waals surface area (Å²) < 4.78 is 37.9. The average Bonchev–Trinajstić information content (AvgIpc) is 2.53. The van der Waals surface area contributed by atoms with Gasteiger partial charge >= 0.3 is 6.18 Å². The average molecular weight is 464 g/mol. The van der Waals surface area contributed by atoms with Crippen molar-refractivity contribution in [2.24, 2.45) is 10.7 Å². The van der Waals surface area contributed by atoms with Crippen LogP contribution in [0.2, 0.25) is 0 Å². The van der Waals surface area contributed by atoms with Crippen LogP contribution in [0.15, 0.2) is 53.7 Å². The first-order valence-electron chi connectivity index (χ1n) is 7.34. The molecule has 3 N–H and O–H groups in total. The van der Waals surface area contributed by atoms with Crippen molar-refractivity contribution < 1.29 is 13.2 Å². The van der Waals surface area contributed by atoms with Gasteiger partial charge in [-0.15, -0.1) is 24.0 Å². The number of halogens is 4. The number of anilines is 1. The number of nitrogens with two attached hydrogens (primary N) is 1. The topological polar surface area (TPSA) is 63.3 Å². The van der Waals surface area contributed by atoms with E-state index < -0.39 is 17.2 Å². The summed E-state index contributed by atoms with van der Waals surface area (Å²) in [6.07, 6.45) is -2.71. The maximum atomic E-state index is 12.6.